The van der Waals surface area contributed by atoms with Crippen molar-refractivity contribution in [2.45, 2.75) is 43.4 Å². The van der Waals surface area contributed by atoms with Crippen LogP contribution in [0.15, 0.2) is 67.0 Å². The molecule has 43 heavy (non-hydrogen) atoms. The van der Waals surface area contributed by atoms with Crippen molar-refractivity contribution in [3.05, 3.63) is 83.9 Å². The molecule has 12 nitrogen and oxygen atoms in total. The Balaban J connectivity index is 1.45. The van der Waals surface area contributed by atoms with Crippen molar-refractivity contribution in [3.8, 4) is 0 Å². The molecule has 1 saturated heterocycles. The Labute approximate surface area is 250 Å². The number of rotatable bonds is 13. The number of methoxy groups -OCH3 is 1. The van der Waals surface area contributed by atoms with E-state index in [1.165, 1.54) is 7.11 Å². The van der Waals surface area contributed by atoms with Gasteiger partial charge in [-0.2, -0.15) is 0 Å². The zero-order valence-electron chi connectivity index (χ0n) is 24.6. The summed E-state index contributed by atoms with van der Waals surface area (Å²) in [5.74, 6) is 1.07. The highest BCUT2D eigenvalue weighted by molar-refractivity contribution is 5.83. The Kier molecular flexibility index (Phi) is 9.95. The first-order valence-electron chi connectivity index (χ1n) is 14.4. The molecule has 0 radical (unpaired) electrons. The zero-order valence-corrected chi connectivity index (χ0v) is 24.6. The molecular weight excluding hydrogens is 550 g/mol. The highest BCUT2D eigenvalue weighted by atomic mass is 16.6. The molecule has 3 heterocycles. The number of aliphatic hydroxyl groups is 2. The standard InChI is InChI=1S/C31H39N7O5/c1-37(2)25(39)14-15-32-17-24-35-29(33-16-22(20-10-6-4-7-11-20)21-12-8-5-9-13-21)26-30(36-24)38(19-34-26)31-28(41)27(40)23(43-31)18-42-3/h4-13,19,22-23,27-28,31-32,40-41H,14-18H2,1-3H3,(H,33,35,36). The van der Waals surface area contributed by atoms with Gasteiger partial charge in [0.2, 0.25) is 5.91 Å². The first kappa shape index (κ1) is 30.5. The van der Waals surface area contributed by atoms with Gasteiger partial charge in [-0.25, -0.2) is 15.0 Å². The number of hydrogen-bond acceptors (Lipinski definition) is 10. The normalized spacial score (nSPS) is 20.1. The number of aromatic nitrogens is 4. The van der Waals surface area contributed by atoms with E-state index in [0.29, 0.717) is 48.9 Å². The summed E-state index contributed by atoms with van der Waals surface area (Å²) in [6.45, 7) is 1.43. The van der Waals surface area contributed by atoms with E-state index in [-0.39, 0.29) is 18.4 Å². The third kappa shape index (κ3) is 7.00. The average molecular weight is 590 g/mol. The number of carbonyl (C=O) groups is 1. The van der Waals surface area contributed by atoms with Gasteiger partial charge in [0.15, 0.2) is 23.2 Å². The molecule has 5 rings (SSSR count). The van der Waals surface area contributed by atoms with Crippen molar-refractivity contribution in [2.75, 3.05) is 46.2 Å². The van der Waals surface area contributed by atoms with Gasteiger partial charge >= 0.3 is 0 Å². The van der Waals surface area contributed by atoms with Gasteiger partial charge in [0, 0.05) is 46.6 Å². The van der Waals surface area contributed by atoms with Gasteiger partial charge in [-0.05, 0) is 11.1 Å². The fourth-order valence-corrected chi connectivity index (χ4v) is 5.23. The van der Waals surface area contributed by atoms with Gasteiger partial charge in [-0.3, -0.25) is 9.36 Å². The molecule has 0 saturated carbocycles. The molecule has 2 aromatic carbocycles. The van der Waals surface area contributed by atoms with E-state index in [4.69, 9.17) is 19.4 Å². The number of aliphatic hydroxyl groups excluding tert-OH is 2. The monoisotopic (exact) mass is 589 g/mol. The SMILES string of the molecule is COCC1OC(n2cnc3c(NCC(c4ccccc4)c4ccccc4)nc(CNCCC(=O)N(C)C)nc32)C(O)C1O. The summed E-state index contributed by atoms with van der Waals surface area (Å²) in [5.41, 5.74) is 3.27. The lowest BCUT2D eigenvalue weighted by Gasteiger charge is -2.20. The predicted molar refractivity (Wildman–Crippen MR) is 161 cm³/mol. The highest BCUT2D eigenvalue weighted by Gasteiger charge is 2.44. The number of anilines is 1. The topological polar surface area (TPSA) is 147 Å². The molecule has 4 atom stereocenters. The van der Waals surface area contributed by atoms with Crippen molar-refractivity contribution >= 4 is 22.9 Å². The van der Waals surface area contributed by atoms with Crippen LogP contribution in [0.2, 0.25) is 0 Å². The Morgan fingerprint density at radius 1 is 1.05 bits per heavy atom. The summed E-state index contributed by atoms with van der Waals surface area (Å²) in [7, 11) is 4.96. The molecule has 0 bridgehead atoms. The molecule has 1 aliphatic rings. The minimum atomic E-state index is -1.21. The number of nitrogens with one attached hydrogen (secondary N) is 2. The lowest BCUT2D eigenvalue weighted by Crippen LogP contribution is -2.33. The number of imidazole rings is 1. The average Bonchev–Trinajstić information content (AvgIpc) is 3.56. The number of carbonyl (C=O) groups excluding carboxylic acids is 1. The summed E-state index contributed by atoms with van der Waals surface area (Å²) in [5, 5.41) is 28.2. The van der Waals surface area contributed by atoms with Crippen LogP contribution in [0, 0.1) is 0 Å². The minimum Gasteiger partial charge on any atom is -0.387 e. The molecule has 1 aliphatic heterocycles. The van der Waals surface area contributed by atoms with E-state index in [0.717, 1.165) is 11.1 Å². The van der Waals surface area contributed by atoms with Crippen LogP contribution in [0.5, 0.6) is 0 Å². The molecule has 0 spiro atoms. The third-order valence-electron chi connectivity index (χ3n) is 7.59. The van der Waals surface area contributed by atoms with Crippen LogP contribution in [0.25, 0.3) is 11.2 Å². The molecule has 1 fully saturated rings. The van der Waals surface area contributed by atoms with Gasteiger partial charge in [0.25, 0.3) is 0 Å². The first-order chi connectivity index (χ1) is 20.9. The summed E-state index contributed by atoms with van der Waals surface area (Å²) in [6, 6.07) is 20.5. The number of hydrogen-bond donors (Lipinski definition) is 4. The summed E-state index contributed by atoms with van der Waals surface area (Å²) in [4.78, 5) is 27.7. The van der Waals surface area contributed by atoms with Gasteiger partial charge in [0.1, 0.15) is 24.1 Å². The van der Waals surface area contributed by atoms with Crippen LogP contribution < -0.4 is 10.6 Å². The fraction of sp³-hybridized carbons (Fsp3) is 0.419. The Bertz CT molecular complexity index is 1440. The van der Waals surface area contributed by atoms with Crippen LogP contribution >= 0.6 is 0 Å². The molecule has 12 heteroatoms. The quantitative estimate of drug-likeness (QED) is 0.171. The zero-order chi connectivity index (χ0) is 30.3. The largest absolute Gasteiger partial charge is 0.387 e. The number of amides is 1. The lowest BCUT2D eigenvalue weighted by atomic mass is 9.91. The predicted octanol–water partition coefficient (Wildman–Crippen LogP) is 1.90. The smallest absolute Gasteiger partial charge is 0.223 e. The van der Waals surface area contributed by atoms with E-state index in [9.17, 15) is 15.0 Å². The van der Waals surface area contributed by atoms with Crippen molar-refractivity contribution in [1.29, 1.82) is 0 Å². The molecule has 4 N–H and O–H groups in total. The van der Waals surface area contributed by atoms with Gasteiger partial charge in [0.05, 0.1) is 19.5 Å². The van der Waals surface area contributed by atoms with Crippen LogP contribution in [0.4, 0.5) is 5.82 Å². The molecular formula is C31H39N7O5. The second-order valence-electron chi connectivity index (χ2n) is 10.8. The molecule has 2 aromatic heterocycles. The van der Waals surface area contributed by atoms with Gasteiger partial charge < -0.3 is 35.2 Å². The second kappa shape index (κ2) is 14.0. The van der Waals surface area contributed by atoms with Crippen molar-refractivity contribution in [3.63, 3.8) is 0 Å². The van der Waals surface area contributed by atoms with Crippen LogP contribution in [0.1, 0.15) is 35.5 Å². The van der Waals surface area contributed by atoms with E-state index < -0.39 is 24.5 Å². The van der Waals surface area contributed by atoms with Crippen molar-refractivity contribution in [2.24, 2.45) is 0 Å². The molecule has 4 unspecified atom stereocenters. The molecule has 4 aromatic rings. The van der Waals surface area contributed by atoms with E-state index >= 15 is 0 Å². The summed E-state index contributed by atoms with van der Waals surface area (Å²) < 4.78 is 12.8. The number of fused-ring (bicyclic) bond motifs is 1. The minimum absolute atomic E-state index is 0.0220. The summed E-state index contributed by atoms with van der Waals surface area (Å²) in [6.07, 6.45) is -2.07. The van der Waals surface area contributed by atoms with Crippen molar-refractivity contribution < 1.29 is 24.5 Å². The first-order valence-corrected chi connectivity index (χ1v) is 14.4. The number of ether oxygens (including phenoxy) is 2. The summed E-state index contributed by atoms with van der Waals surface area (Å²) >= 11 is 0. The maximum atomic E-state index is 12.0. The van der Waals surface area contributed by atoms with Crippen LogP contribution in [-0.4, -0.2) is 99.8 Å². The number of benzene rings is 2. The van der Waals surface area contributed by atoms with Crippen molar-refractivity contribution in [1.82, 2.24) is 29.7 Å². The maximum absolute atomic E-state index is 12.0. The van der Waals surface area contributed by atoms with E-state index in [1.54, 1.807) is 29.9 Å². The second-order valence-corrected chi connectivity index (χ2v) is 10.8. The maximum Gasteiger partial charge on any atom is 0.223 e. The molecule has 0 aliphatic carbocycles. The third-order valence-corrected chi connectivity index (χ3v) is 7.59. The van der Waals surface area contributed by atoms with E-state index in [1.807, 2.05) is 36.4 Å². The number of nitrogens with zero attached hydrogens (tertiary/aromatic N) is 5. The fourth-order valence-electron chi connectivity index (χ4n) is 5.23. The molecule has 1 amide bonds. The van der Waals surface area contributed by atoms with Crippen LogP contribution in [0.3, 0.4) is 0 Å². The Morgan fingerprint density at radius 2 is 1.72 bits per heavy atom. The lowest BCUT2D eigenvalue weighted by molar-refractivity contribution is -0.128. The van der Waals surface area contributed by atoms with Gasteiger partial charge in [-0.1, -0.05) is 60.7 Å². The Morgan fingerprint density at radius 3 is 2.35 bits per heavy atom. The van der Waals surface area contributed by atoms with Crippen LogP contribution in [-0.2, 0) is 20.8 Å². The highest BCUT2D eigenvalue weighted by Crippen LogP contribution is 2.33. The van der Waals surface area contributed by atoms with E-state index in [2.05, 4.69) is 39.9 Å². The van der Waals surface area contributed by atoms with Gasteiger partial charge in [-0.15, -0.1) is 0 Å². The molecule has 228 valence electrons. The Hall–Kier alpha value is -3.94.